The third-order valence-electron chi connectivity index (χ3n) is 2.14. The van der Waals surface area contributed by atoms with Gasteiger partial charge in [-0.1, -0.05) is 32.4 Å². The summed E-state index contributed by atoms with van der Waals surface area (Å²) in [6.45, 7) is 8.16. The largest absolute Gasteiger partial charge is 0.307 e. The van der Waals surface area contributed by atoms with E-state index in [2.05, 4.69) is 31.4 Å². The topological polar surface area (TPSA) is 24.1 Å². The highest BCUT2D eigenvalue weighted by Crippen LogP contribution is 2.53. The quantitative estimate of drug-likeness (QED) is 0.498. The Balaban J connectivity index is 2.37. The van der Waals surface area contributed by atoms with Crippen LogP contribution in [0.2, 0.25) is 0 Å². The molecular weight excluding hydrogens is 160 g/mol. The summed E-state index contributed by atoms with van der Waals surface area (Å²) >= 11 is 6.23. The molecule has 65 valence electrons. The van der Waals surface area contributed by atoms with E-state index in [-0.39, 0.29) is 5.00 Å². The lowest BCUT2D eigenvalue weighted by Crippen LogP contribution is -2.31. The third kappa shape index (κ3) is 1.53. The first-order chi connectivity index (χ1) is 5.16. The van der Waals surface area contributed by atoms with E-state index in [1.807, 2.05) is 0 Å². The van der Waals surface area contributed by atoms with Gasteiger partial charge in [0.25, 0.3) is 0 Å². The molecule has 1 saturated carbocycles. The van der Waals surface area contributed by atoms with Crippen molar-refractivity contribution < 1.29 is 0 Å². The van der Waals surface area contributed by atoms with Gasteiger partial charge in [0, 0.05) is 5.92 Å². The highest BCUT2D eigenvalue weighted by Gasteiger charge is 2.61. The van der Waals surface area contributed by atoms with Gasteiger partial charge in [-0.3, -0.25) is 5.32 Å². The molecule has 1 aliphatic carbocycles. The highest BCUT2D eigenvalue weighted by molar-refractivity contribution is 6.28. The average Bonchev–Trinajstić information content (AvgIpc) is 2.43. The minimum Gasteiger partial charge on any atom is -0.307 e. The molecule has 0 aromatic heterocycles. The predicted octanol–water partition coefficient (Wildman–Crippen LogP) is 1.32. The monoisotopic (exact) mass is 175 g/mol. The van der Waals surface area contributed by atoms with Crippen LogP contribution in [0, 0.1) is 12.0 Å². The number of alkyl halides is 1. The Morgan fingerprint density at radius 3 is 2.55 bits per heavy atom. The molecule has 1 aliphatic rings. The Morgan fingerprint density at radius 1 is 1.45 bits per heavy atom. The Hall–Kier alpha value is 0.210. The Labute approximate surface area is 73.7 Å². The lowest BCUT2D eigenvalue weighted by atomic mass is 10.4. The first-order valence-electron chi connectivity index (χ1n) is 4.22. The second-order valence-electron chi connectivity index (χ2n) is 2.91. The fraction of sp³-hybridized carbons (Fsp3) is 0.875. The molecule has 1 rings (SSSR count). The maximum Gasteiger partial charge on any atom is 0.119 e. The zero-order valence-corrected chi connectivity index (χ0v) is 8.13. The van der Waals surface area contributed by atoms with Crippen molar-refractivity contribution in [1.29, 1.82) is 0 Å². The van der Waals surface area contributed by atoms with Gasteiger partial charge in [-0.05, 0) is 13.1 Å². The molecule has 2 atom stereocenters. The molecule has 2 unspecified atom stereocenters. The Morgan fingerprint density at radius 2 is 2.09 bits per heavy atom. The standard InChI is InChI=1S/C8H16ClN2/c1-4-10-7-6(3)8(7,9)11-5-2/h6,10-11H,4-5H2,1-3H3. The van der Waals surface area contributed by atoms with E-state index in [1.54, 1.807) is 0 Å². The van der Waals surface area contributed by atoms with E-state index in [4.69, 9.17) is 11.6 Å². The summed E-state index contributed by atoms with van der Waals surface area (Å²) < 4.78 is 0. The zero-order chi connectivity index (χ0) is 8.48. The van der Waals surface area contributed by atoms with E-state index in [0.29, 0.717) is 5.92 Å². The molecule has 1 radical (unpaired) electrons. The fourth-order valence-corrected chi connectivity index (χ4v) is 1.84. The van der Waals surface area contributed by atoms with Crippen LogP contribution < -0.4 is 10.6 Å². The van der Waals surface area contributed by atoms with E-state index in [1.165, 1.54) is 6.04 Å². The number of nitrogens with one attached hydrogen (secondary N) is 2. The van der Waals surface area contributed by atoms with Crippen LogP contribution in [0.25, 0.3) is 0 Å². The van der Waals surface area contributed by atoms with E-state index in [9.17, 15) is 0 Å². The smallest absolute Gasteiger partial charge is 0.119 e. The normalized spacial score (nSPS) is 37.6. The van der Waals surface area contributed by atoms with Crippen LogP contribution in [-0.4, -0.2) is 18.1 Å². The number of hydrogen-bond donors (Lipinski definition) is 2. The van der Waals surface area contributed by atoms with Crippen LogP contribution in [0.4, 0.5) is 0 Å². The summed E-state index contributed by atoms with van der Waals surface area (Å²) in [7, 11) is 0. The Kier molecular flexibility index (Phi) is 2.79. The minimum atomic E-state index is -0.245. The maximum atomic E-state index is 6.23. The van der Waals surface area contributed by atoms with Crippen LogP contribution in [0.15, 0.2) is 0 Å². The number of hydrogen-bond acceptors (Lipinski definition) is 2. The van der Waals surface area contributed by atoms with Gasteiger partial charge in [-0.15, -0.1) is 0 Å². The van der Waals surface area contributed by atoms with Gasteiger partial charge in [0.2, 0.25) is 0 Å². The first kappa shape index (κ1) is 9.30. The van der Waals surface area contributed by atoms with Crippen LogP contribution in [0.3, 0.4) is 0 Å². The molecule has 2 nitrogen and oxygen atoms in total. The molecule has 0 aromatic rings. The molecule has 1 fully saturated rings. The van der Waals surface area contributed by atoms with Crippen molar-refractivity contribution in [2.45, 2.75) is 25.8 Å². The average molecular weight is 176 g/mol. The van der Waals surface area contributed by atoms with Crippen LogP contribution >= 0.6 is 11.6 Å². The van der Waals surface area contributed by atoms with Crippen molar-refractivity contribution in [2.75, 3.05) is 13.1 Å². The molecule has 0 amide bonds. The van der Waals surface area contributed by atoms with Gasteiger partial charge in [-0.25, -0.2) is 0 Å². The SMILES string of the molecule is CCN[C]1C(C)C1(Cl)NCC. The summed E-state index contributed by atoms with van der Waals surface area (Å²) in [5.74, 6) is 0.462. The lowest BCUT2D eigenvalue weighted by Gasteiger charge is -2.08. The molecule has 0 heterocycles. The molecule has 0 aromatic carbocycles. The summed E-state index contributed by atoms with van der Waals surface area (Å²) in [5.41, 5.74) is 0. The van der Waals surface area contributed by atoms with Crippen molar-refractivity contribution >= 4 is 11.6 Å². The van der Waals surface area contributed by atoms with Crippen molar-refractivity contribution in [3.8, 4) is 0 Å². The molecule has 0 spiro atoms. The number of rotatable bonds is 4. The molecule has 0 saturated heterocycles. The number of likely N-dealkylation sites (N-methyl/N-ethyl adjacent to an activating group) is 2. The van der Waals surface area contributed by atoms with E-state index < -0.39 is 0 Å². The second-order valence-corrected chi connectivity index (χ2v) is 3.50. The molecule has 3 heteroatoms. The lowest BCUT2D eigenvalue weighted by molar-refractivity contribution is 0.621. The fourth-order valence-electron chi connectivity index (χ4n) is 1.42. The van der Waals surface area contributed by atoms with Crippen LogP contribution in [0.5, 0.6) is 0 Å². The van der Waals surface area contributed by atoms with Gasteiger partial charge in [0.15, 0.2) is 0 Å². The van der Waals surface area contributed by atoms with Crippen molar-refractivity contribution in [3.63, 3.8) is 0 Å². The van der Waals surface area contributed by atoms with Gasteiger partial charge in [0.1, 0.15) is 5.00 Å². The van der Waals surface area contributed by atoms with Gasteiger partial charge < -0.3 is 5.32 Å². The van der Waals surface area contributed by atoms with Crippen molar-refractivity contribution in [1.82, 2.24) is 10.6 Å². The van der Waals surface area contributed by atoms with E-state index >= 15 is 0 Å². The Bertz CT molecular complexity index is 140. The molecule has 0 aliphatic heterocycles. The first-order valence-corrected chi connectivity index (χ1v) is 4.59. The van der Waals surface area contributed by atoms with Crippen molar-refractivity contribution in [2.24, 2.45) is 5.92 Å². The summed E-state index contributed by atoms with van der Waals surface area (Å²) in [6, 6.07) is 1.24. The van der Waals surface area contributed by atoms with Gasteiger partial charge in [0.05, 0.1) is 6.04 Å². The molecule has 0 bridgehead atoms. The highest BCUT2D eigenvalue weighted by atomic mass is 35.5. The van der Waals surface area contributed by atoms with E-state index in [0.717, 1.165) is 13.1 Å². The minimum absolute atomic E-state index is 0.245. The third-order valence-corrected chi connectivity index (χ3v) is 2.80. The summed E-state index contributed by atoms with van der Waals surface area (Å²) in [5, 5.41) is 6.51. The molecule has 2 N–H and O–H groups in total. The van der Waals surface area contributed by atoms with Gasteiger partial charge in [-0.2, -0.15) is 0 Å². The summed E-state index contributed by atoms with van der Waals surface area (Å²) in [4.78, 5) is -0.245. The number of halogens is 1. The van der Waals surface area contributed by atoms with Crippen molar-refractivity contribution in [3.05, 3.63) is 6.04 Å². The molecular formula is C8H16ClN2. The predicted molar refractivity (Wildman–Crippen MR) is 48.3 cm³/mol. The van der Waals surface area contributed by atoms with Gasteiger partial charge >= 0.3 is 0 Å². The van der Waals surface area contributed by atoms with Crippen LogP contribution in [0.1, 0.15) is 20.8 Å². The zero-order valence-electron chi connectivity index (χ0n) is 7.37. The molecule has 11 heavy (non-hydrogen) atoms. The maximum absolute atomic E-state index is 6.23. The summed E-state index contributed by atoms with van der Waals surface area (Å²) in [6.07, 6.45) is 0. The van der Waals surface area contributed by atoms with Crippen LogP contribution in [-0.2, 0) is 0 Å². The second kappa shape index (κ2) is 3.30.